The van der Waals surface area contributed by atoms with Crippen LogP contribution in [0.4, 0.5) is 0 Å². The molecule has 0 fully saturated rings. The van der Waals surface area contributed by atoms with Gasteiger partial charge in [-0.3, -0.25) is 4.79 Å². The predicted octanol–water partition coefficient (Wildman–Crippen LogP) is 3.47. The minimum atomic E-state index is -0.528. The van der Waals surface area contributed by atoms with E-state index in [2.05, 4.69) is 6.58 Å². The Hall–Kier alpha value is -2.62. The first-order valence-corrected chi connectivity index (χ1v) is 6.49. The third kappa shape index (κ3) is 3.11. The van der Waals surface area contributed by atoms with Crippen LogP contribution in [0.5, 0.6) is 11.5 Å². The van der Waals surface area contributed by atoms with Crippen molar-refractivity contribution in [3.63, 3.8) is 0 Å². The van der Waals surface area contributed by atoms with Gasteiger partial charge in [-0.15, -0.1) is 0 Å². The van der Waals surface area contributed by atoms with Gasteiger partial charge in [-0.25, -0.2) is 4.79 Å². The summed E-state index contributed by atoms with van der Waals surface area (Å²) in [7, 11) is 0. The topological polar surface area (TPSA) is 52.6 Å². The highest BCUT2D eigenvalue weighted by molar-refractivity contribution is 5.98. The summed E-state index contributed by atoms with van der Waals surface area (Å²) in [4.78, 5) is 22.7. The Morgan fingerprint density at radius 1 is 1.10 bits per heavy atom. The molecule has 0 atom stereocenters. The summed E-state index contributed by atoms with van der Waals surface area (Å²) in [6.45, 7) is 8.47. The lowest BCUT2D eigenvalue weighted by Gasteiger charge is -2.14. The molecule has 0 aromatic heterocycles. The van der Waals surface area contributed by atoms with Gasteiger partial charge in [-0.1, -0.05) is 24.3 Å². The average Bonchev–Trinajstić information content (AvgIpc) is 2.42. The molecule has 4 nitrogen and oxygen atoms in total. The van der Waals surface area contributed by atoms with Gasteiger partial charge in [0, 0.05) is 23.8 Å². The maximum Gasteiger partial charge on any atom is 0.335 e. The van der Waals surface area contributed by atoms with E-state index < -0.39 is 11.9 Å². The number of benzene rings is 2. The van der Waals surface area contributed by atoms with Crippen LogP contribution in [0.1, 0.15) is 18.1 Å². The summed E-state index contributed by atoms with van der Waals surface area (Å²) in [5.74, 6) is -0.0174. The summed E-state index contributed by atoms with van der Waals surface area (Å²) in [5, 5.41) is 1.44. The Morgan fingerprint density at radius 3 is 2.43 bits per heavy atom. The lowest BCUT2D eigenvalue weighted by molar-refractivity contribution is -0.132. The van der Waals surface area contributed by atoms with Crippen LogP contribution in [-0.2, 0) is 9.59 Å². The number of carbonyl (C=O) groups is 2. The summed E-state index contributed by atoms with van der Waals surface area (Å²) in [6, 6.07) is 7.33. The molecule has 0 spiro atoms. The first-order valence-electron chi connectivity index (χ1n) is 6.49. The summed E-state index contributed by atoms with van der Waals surface area (Å²) in [5.41, 5.74) is 1.72. The second-order valence-corrected chi connectivity index (χ2v) is 4.79. The Labute approximate surface area is 123 Å². The van der Waals surface area contributed by atoms with E-state index in [9.17, 15) is 9.59 Å². The zero-order valence-corrected chi connectivity index (χ0v) is 12.2. The molecule has 0 aliphatic rings. The maximum absolute atomic E-state index is 11.5. The number of fused-ring (bicyclic) bond motifs is 1. The Balaban J connectivity index is 2.71. The van der Waals surface area contributed by atoms with Gasteiger partial charge in [0.15, 0.2) is 0 Å². The highest BCUT2D eigenvalue weighted by Crippen LogP contribution is 2.37. The Kier molecular flexibility index (Phi) is 4.08. The van der Waals surface area contributed by atoms with Gasteiger partial charge in [0.05, 0.1) is 0 Å². The molecule has 0 saturated carbocycles. The van der Waals surface area contributed by atoms with Crippen LogP contribution in [0, 0.1) is 13.8 Å². The monoisotopic (exact) mass is 284 g/mol. The molecule has 21 heavy (non-hydrogen) atoms. The number of ether oxygens (including phenoxy) is 2. The van der Waals surface area contributed by atoms with Crippen molar-refractivity contribution in [1.82, 2.24) is 0 Å². The molecule has 2 aromatic rings. The van der Waals surface area contributed by atoms with E-state index in [-0.39, 0.29) is 0 Å². The molecule has 0 unspecified atom stereocenters. The van der Waals surface area contributed by atoms with E-state index in [0.717, 1.165) is 17.0 Å². The van der Waals surface area contributed by atoms with Gasteiger partial charge in [0.2, 0.25) is 0 Å². The summed E-state index contributed by atoms with van der Waals surface area (Å²) >= 11 is 0. The molecule has 0 bridgehead atoms. The van der Waals surface area contributed by atoms with E-state index >= 15 is 0 Å². The molecule has 2 rings (SSSR count). The van der Waals surface area contributed by atoms with Crippen molar-refractivity contribution >= 4 is 22.7 Å². The molecule has 0 saturated heterocycles. The molecule has 0 aliphatic carbocycles. The van der Waals surface area contributed by atoms with Crippen LogP contribution in [0.3, 0.4) is 0 Å². The van der Waals surface area contributed by atoms with E-state index in [4.69, 9.17) is 9.47 Å². The summed E-state index contributed by atoms with van der Waals surface area (Å²) < 4.78 is 10.6. The fourth-order valence-electron chi connectivity index (χ4n) is 2.13. The van der Waals surface area contributed by atoms with Gasteiger partial charge in [-0.05, 0) is 31.5 Å². The molecule has 0 radical (unpaired) electrons. The minimum absolute atomic E-state index is 0.395. The fraction of sp³-hybridized carbons (Fsp3) is 0.176. The molecule has 0 heterocycles. The normalized spacial score (nSPS) is 10.2. The summed E-state index contributed by atoms with van der Waals surface area (Å²) in [6.07, 6.45) is 1.11. The molecule has 4 heteroatoms. The van der Waals surface area contributed by atoms with Crippen molar-refractivity contribution in [2.75, 3.05) is 0 Å². The number of carbonyl (C=O) groups excluding carboxylic acids is 2. The average molecular weight is 284 g/mol. The molecule has 108 valence electrons. The lowest BCUT2D eigenvalue weighted by atomic mass is 10.0. The van der Waals surface area contributed by atoms with Crippen LogP contribution in [0.2, 0.25) is 0 Å². The first kappa shape index (κ1) is 14.8. The van der Waals surface area contributed by atoms with E-state index in [1.807, 2.05) is 25.1 Å². The van der Waals surface area contributed by atoms with Gasteiger partial charge in [-0.2, -0.15) is 0 Å². The van der Waals surface area contributed by atoms with Gasteiger partial charge >= 0.3 is 11.9 Å². The zero-order chi connectivity index (χ0) is 15.6. The number of hydrogen-bond donors (Lipinski definition) is 0. The van der Waals surface area contributed by atoms with Crippen molar-refractivity contribution in [3.8, 4) is 11.5 Å². The third-order valence-electron chi connectivity index (χ3n) is 3.01. The highest BCUT2D eigenvalue weighted by Gasteiger charge is 2.15. The van der Waals surface area contributed by atoms with Gasteiger partial charge in [0.1, 0.15) is 11.5 Å². The third-order valence-corrected chi connectivity index (χ3v) is 3.01. The highest BCUT2D eigenvalue weighted by atomic mass is 16.5. The standard InChI is InChI=1S/C17H16O4/c1-5-16(19)21-17-11(3)9-15(20-12(4)18)14-8-10(2)6-7-13(14)17/h5-9H,1H2,2-4H3. The van der Waals surface area contributed by atoms with Crippen molar-refractivity contribution < 1.29 is 19.1 Å². The number of rotatable bonds is 3. The van der Waals surface area contributed by atoms with Crippen LogP contribution >= 0.6 is 0 Å². The maximum atomic E-state index is 11.5. The minimum Gasteiger partial charge on any atom is -0.426 e. The van der Waals surface area contributed by atoms with E-state index in [0.29, 0.717) is 22.4 Å². The van der Waals surface area contributed by atoms with Crippen molar-refractivity contribution in [3.05, 3.63) is 48.0 Å². The molecule has 0 N–H and O–H groups in total. The number of hydrogen-bond acceptors (Lipinski definition) is 4. The van der Waals surface area contributed by atoms with Crippen LogP contribution < -0.4 is 9.47 Å². The van der Waals surface area contributed by atoms with E-state index in [1.54, 1.807) is 13.0 Å². The van der Waals surface area contributed by atoms with Gasteiger partial charge in [0.25, 0.3) is 0 Å². The number of esters is 2. The van der Waals surface area contributed by atoms with Crippen molar-refractivity contribution in [2.24, 2.45) is 0 Å². The van der Waals surface area contributed by atoms with Crippen molar-refractivity contribution in [1.29, 1.82) is 0 Å². The smallest absolute Gasteiger partial charge is 0.335 e. The Morgan fingerprint density at radius 2 is 1.81 bits per heavy atom. The lowest BCUT2D eigenvalue weighted by Crippen LogP contribution is -2.07. The van der Waals surface area contributed by atoms with Crippen LogP contribution in [0.25, 0.3) is 10.8 Å². The zero-order valence-electron chi connectivity index (χ0n) is 12.2. The van der Waals surface area contributed by atoms with Crippen LogP contribution in [-0.4, -0.2) is 11.9 Å². The molecular weight excluding hydrogens is 268 g/mol. The largest absolute Gasteiger partial charge is 0.426 e. The second-order valence-electron chi connectivity index (χ2n) is 4.79. The second kappa shape index (κ2) is 5.79. The quantitative estimate of drug-likeness (QED) is 0.492. The first-order chi connectivity index (χ1) is 9.92. The molecular formula is C17H16O4. The number of aryl methyl sites for hydroxylation is 2. The predicted molar refractivity (Wildman–Crippen MR) is 80.6 cm³/mol. The molecule has 0 amide bonds. The van der Waals surface area contributed by atoms with Crippen molar-refractivity contribution in [2.45, 2.75) is 20.8 Å². The fourth-order valence-corrected chi connectivity index (χ4v) is 2.13. The van der Waals surface area contributed by atoms with Gasteiger partial charge < -0.3 is 9.47 Å². The van der Waals surface area contributed by atoms with Crippen LogP contribution in [0.15, 0.2) is 36.9 Å². The Bertz CT molecular complexity index is 744. The molecule has 0 aliphatic heterocycles. The SMILES string of the molecule is C=CC(=O)Oc1c(C)cc(OC(C)=O)c2cc(C)ccc12. The molecule has 2 aromatic carbocycles. The van der Waals surface area contributed by atoms with E-state index in [1.165, 1.54) is 6.92 Å².